The van der Waals surface area contributed by atoms with Crippen LogP contribution in [0.3, 0.4) is 0 Å². The van der Waals surface area contributed by atoms with Crippen molar-refractivity contribution in [3.8, 4) is 5.75 Å². The Kier molecular flexibility index (Phi) is 4.94. The van der Waals surface area contributed by atoms with Crippen molar-refractivity contribution in [1.82, 2.24) is 9.97 Å². The first-order chi connectivity index (χ1) is 10.1. The molecule has 2 rings (SSSR count). The molecule has 112 valence electrons. The summed E-state index contributed by atoms with van der Waals surface area (Å²) in [6.45, 7) is 4.87. The lowest BCUT2D eigenvalue weighted by Gasteiger charge is -2.11. The molecule has 1 aromatic carbocycles. The molecule has 0 fully saturated rings. The van der Waals surface area contributed by atoms with E-state index in [-0.39, 0.29) is 0 Å². The summed E-state index contributed by atoms with van der Waals surface area (Å²) >= 11 is 0. The summed E-state index contributed by atoms with van der Waals surface area (Å²) in [4.78, 5) is 8.54. The van der Waals surface area contributed by atoms with Crippen LogP contribution in [0.5, 0.6) is 5.75 Å². The summed E-state index contributed by atoms with van der Waals surface area (Å²) in [5, 5.41) is 3.24. The Morgan fingerprint density at radius 3 is 2.71 bits per heavy atom. The number of hydrogen-bond acceptors (Lipinski definition) is 6. The highest BCUT2D eigenvalue weighted by Gasteiger charge is 2.06. The summed E-state index contributed by atoms with van der Waals surface area (Å²) in [7, 11) is 1.65. The number of rotatable bonds is 6. The molecule has 0 unspecified atom stereocenters. The third kappa shape index (κ3) is 4.06. The fraction of sp³-hybridized carbons (Fsp3) is 0.333. The number of anilines is 3. The molecule has 0 radical (unpaired) electrons. The van der Waals surface area contributed by atoms with E-state index < -0.39 is 0 Å². The first-order valence-electron chi connectivity index (χ1n) is 6.75. The molecule has 21 heavy (non-hydrogen) atoms. The maximum Gasteiger partial charge on any atom is 0.158 e. The van der Waals surface area contributed by atoms with Gasteiger partial charge in [0.05, 0.1) is 7.11 Å². The summed E-state index contributed by atoms with van der Waals surface area (Å²) in [5.41, 5.74) is 7.80. The van der Waals surface area contributed by atoms with Crippen LogP contribution in [0.4, 0.5) is 17.3 Å². The smallest absolute Gasteiger partial charge is 0.158 e. The normalized spacial score (nSPS) is 10.4. The lowest BCUT2D eigenvalue weighted by Crippen LogP contribution is -2.05. The number of nitrogens with two attached hydrogens (primary N) is 1. The van der Waals surface area contributed by atoms with Crippen molar-refractivity contribution in [3.63, 3.8) is 0 Å². The number of nitrogens with one attached hydrogen (secondary N) is 1. The molecule has 6 nitrogen and oxygen atoms in total. The average molecular weight is 288 g/mol. The van der Waals surface area contributed by atoms with Gasteiger partial charge in [-0.2, -0.15) is 0 Å². The number of nitrogen functional groups attached to an aromatic ring is 1. The van der Waals surface area contributed by atoms with Crippen LogP contribution in [-0.4, -0.2) is 23.7 Å². The van der Waals surface area contributed by atoms with Crippen molar-refractivity contribution < 1.29 is 9.47 Å². The van der Waals surface area contributed by atoms with Crippen molar-refractivity contribution in [3.05, 3.63) is 35.7 Å². The topological polar surface area (TPSA) is 82.3 Å². The lowest BCUT2D eigenvalue weighted by atomic mass is 10.2. The van der Waals surface area contributed by atoms with Gasteiger partial charge in [0.25, 0.3) is 0 Å². The Morgan fingerprint density at radius 2 is 2.05 bits per heavy atom. The highest BCUT2D eigenvalue weighted by molar-refractivity contribution is 5.63. The predicted octanol–water partition coefficient (Wildman–Crippen LogP) is 2.66. The summed E-state index contributed by atoms with van der Waals surface area (Å²) < 4.78 is 10.5. The molecule has 6 heteroatoms. The Morgan fingerprint density at radius 1 is 1.24 bits per heavy atom. The molecule has 1 heterocycles. The number of ether oxygens (including phenoxy) is 2. The molecule has 3 N–H and O–H groups in total. The summed E-state index contributed by atoms with van der Waals surface area (Å²) in [6, 6.07) is 7.47. The molecule has 0 amide bonds. The van der Waals surface area contributed by atoms with Crippen LogP contribution in [0.15, 0.2) is 24.3 Å². The minimum Gasteiger partial charge on any atom is -0.497 e. The second-order valence-corrected chi connectivity index (χ2v) is 4.54. The van der Waals surface area contributed by atoms with Gasteiger partial charge in [-0.05, 0) is 37.6 Å². The standard InChI is InChI=1S/C15H20N4O2/c1-4-21-9-15-18-13(16)8-14(19-15)17-12-6-5-11(20-3)7-10(12)2/h5-8H,4,9H2,1-3H3,(H3,16,17,18,19). The largest absolute Gasteiger partial charge is 0.497 e. The SMILES string of the molecule is CCOCc1nc(N)cc(Nc2ccc(OC)cc2C)n1. The minimum atomic E-state index is 0.345. The van der Waals surface area contributed by atoms with Gasteiger partial charge in [0.2, 0.25) is 0 Å². The molecule has 2 aromatic rings. The van der Waals surface area contributed by atoms with Crippen molar-refractivity contribution in [2.24, 2.45) is 0 Å². The second-order valence-electron chi connectivity index (χ2n) is 4.54. The number of methoxy groups -OCH3 is 1. The summed E-state index contributed by atoms with van der Waals surface area (Å²) in [6.07, 6.45) is 0. The van der Waals surface area contributed by atoms with Gasteiger partial charge in [0, 0.05) is 18.4 Å². The van der Waals surface area contributed by atoms with Gasteiger partial charge < -0.3 is 20.5 Å². The van der Waals surface area contributed by atoms with Crippen molar-refractivity contribution >= 4 is 17.3 Å². The van der Waals surface area contributed by atoms with Crippen LogP contribution < -0.4 is 15.8 Å². The first kappa shape index (κ1) is 15.1. The van der Waals surface area contributed by atoms with Crippen LogP contribution in [0.1, 0.15) is 18.3 Å². The number of nitrogens with zero attached hydrogens (tertiary/aromatic N) is 2. The molecule has 0 aliphatic rings. The molecule has 0 aliphatic heterocycles. The Bertz CT molecular complexity index is 617. The third-order valence-corrected chi connectivity index (χ3v) is 2.92. The van der Waals surface area contributed by atoms with E-state index in [2.05, 4.69) is 15.3 Å². The van der Waals surface area contributed by atoms with E-state index in [0.29, 0.717) is 30.7 Å². The van der Waals surface area contributed by atoms with Gasteiger partial charge in [0.15, 0.2) is 5.82 Å². The monoisotopic (exact) mass is 288 g/mol. The van der Waals surface area contributed by atoms with Gasteiger partial charge >= 0.3 is 0 Å². The fourth-order valence-corrected chi connectivity index (χ4v) is 1.88. The van der Waals surface area contributed by atoms with E-state index in [1.807, 2.05) is 32.0 Å². The van der Waals surface area contributed by atoms with E-state index in [1.54, 1.807) is 13.2 Å². The zero-order valence-corrected chi connectivity index (χ0v) is 12.5. The third-order valence-electron chi connectivity index (χ3n) is 2.92. The second kappa shape index (κ2) is 6.90. The predicted molar refractivity (Wildman–Crippen MR) is 82.8 cm³/mol. The van der Waals surface area contributed by atoms with E-state index in [0.717, 1.165) is 17.0 Å². The maximum absolute atomic E-state index is 5.80. The number of aromatic nitrogens is 2. The van der Waals surface area contributed by atoms with Crippen molar-refractivity contribution in [2.45, 2.75) is 20.5 Å². The van der Waals surface area contributed by atoms with Gasteiger partial charge in [0.1, 0.15) is 24.0 Å². The summed E-state index contributed by atoms with van der Waals surface area (Å²) in [5.74, 6) is 2.43. The van der Waals surface area contributed by atoms with Crippen LogP contribution >= 0.6 is 0 Å². The van der Waals surface area contributed by atoms with Gasteiger partial charge in [-0.3, -0.25) is 0 Å². The molecule has 0 saturated carbocycles. The Balaban J connectivity index is 2.20. The van der Waals surface area contributed by atoms with Crippen LogP contribution in [0, 0.1) is 6.92 Å². The van der Waals surface area contributed by atoms with Gasteiger partial charge in [-0.15, -0.1) is 0 Å². The van der Waals surface area contributed by atoms with Crippen LogP contribution in [-0.2, 0) is 11.3 Å². The van der Waals surface area contributed by atoms with Gasteiger partial charge in [-0.25, -0.2) is 9.97 Å². The molecule has 0 saturated heterocycles. The molecule has 1 aromatic heterocycles. The number of aryl methyl sites for hydroxylation is 1. The minimum absolute atomic E-state index is 0.345. The average Bonchev–Trinajstić information content (AvgIpc) is 2.46. The van der Waals surface area contributed by atoms with E-state index >= 15 is 0 Å². The molecular weight excluding hydrogens is 268 g/mol. The molecule has 0 bridgehead atoms. The zero-order chi connectivity index (χ0) is 15.2. The fourth-order valence-electron chi connectivity index (χ4n) is 1.88. The Labute approximate surface area is 124 Å². The molecule has 0 aliphatic carbocycles. The number of hydrogen-bond donors (Lipinski definition) is 2. The van der Waals surface area contributed by atoms with E-state index in [1.165, 1.54) is 0 Å². The molecule has 0 atom stereocenters. The van der Waals surface area contributed by atoms with Gasteiger partial charge in [-0.1, -0.05) is 0 Å². The van der Waals surface area contributed by atoms with E-state index in [9.17, 15) is 0 Å². The molecular formula is C15H20N4O2. The Hall–Kier alpha value is -2.34. The van der Waals surface area contributed by atoms with Crippen molar-refractivity contribution in [1.29, 1.82) is 0 Å². The van der Waals surface area contributed by atoms with Crippen LogP contribution in [0.25, 0.3) is 0 Å². The first-order valence-corrected chi connectivity index (χ1v) is 6.75. The van der Waals surface area contributed by atoms with E-state index in [4.69, 9.17) is 15.2 Å². The van der Waals surface area contributed by atoms with Crippen LogP contribution in [0.2, 0.25) is 0 Å². The van der Waals surface area contributed by atoms with Crippen molar-refractivity contribution in [2.75, 3.05) is 24.8 Å². The maximum atomic E-state index is 5.80. The quantitative estimate of drug-likeness (QED) is 0.850. The zero-order valence-electron chi connectivity index (χ0n) is 12.5. The highest BCUT2D eigenvalue weighted by atomic mass is 16.5. The lowest BCUT2D eigenvalue weighted by molar-refractivity contribution is 0.128. The highest BCUT2D eigenvalue weighted by Crippen LogP contribution is 2.24. The molecule has 0 spiro atoms. The number of benzene rings is 1.